The Balaban J connectivity index is 1.44. The molecule has 164 valence electrons. The smallest absolute Gasteiger partial charge is 0.321 e. The second-order valence-corrected chi connectivity index (χ2v) is 9.16. The molecular formula is C23H26ClFN4O2. The molecule has 2 heterocycles. The first kappa shape index (κ1) is 21.6. The van der Waals surface area contributed by atoms with Gasteiger partial charge < -0.3 is 15.3 Å². The number of hydrogen-bond donors (Lipinski definition) is 3. The van der Waals surface area contributed by atoms with Gasteiger partial charge in [-0.25, -0.2) is 9.18 Å². The minimum atomic E-state index is -0.752. The van der Waals surface area contributed by atoms with E-state index in [9.17, 15) is 14.3 Å². The topological polar surface area (TPSA) is 81.2 Å². The van der Waals surface area contributed by atoms with Crippen LogP contribution in [0.1, 0.15) is 38.4 Å². The van der Waals surface area contributed by atoms with Gasteiger partial charge in [0, 0.05) is 29.1 Å². The van der Waals surface area contributed by atoms with E-state index in [2.05, 4.69) is 15.5 Å². The van der Waals surface area contributed by atoms with Gasteiger partial charge in [-0.1, -0.05) is 37.6 Å². The third-order valence-electron chi connectivity index (χ3n) is 6.49. The minimum Gasteiger partial charge on any atom is -0.388 e. The molecule has 1 aliphatic heterocycles. The molecule has 4 rings (SSSR count). The zero-order valence-electron chi connectivity index (χ0n) is 17.5. The molecule has 31 heavy (non-hydrogen) atoms. The maximum absolute atomic E-state index is 13.8. The van der Waals surface area contributed by atoms with Gasteiger partial charge in [-0.3, -0.25) is 5.10 Å². The summed E-state index contributed by atoms with van der Waals surface area (Å²) in [5, 5.41) is 22.4. The van der Waals surface area contributed by atoms with Crippen molar-refractivity contribution in [3.8, 4) is 0 Å². The molecule has 3 N–H and O–H groups in total. The fourth-order valence-corrected chi connectivity index (χ4v) is 4.71. The summed E-state index contributed by atoms with van der Waals surface area (Å²) in [6.07, 6.45) is 2.41. The predicted molar refractivity (Wildman–Crippen MR) is 120 cm³/mol. The summed E-state index contributed by atoms with van der Waals surface area (Å²) in [6, 6.07) is 9.42. The number of carbonyl (C=O) groups is 1. The number of para-hydroxylation sites is 1. The largest absolute Gasteiger partial charge is 0.388 e. The minimum absolute atomic E-state index is 0.176. The van der Waals surface area contributed by atoms with Gasteiger partial charge in [0.1, 0.15) is 5.82 Å². The van der Waals surface area contributed by atoms with Crippen LogP contribution >= 0.6 is 11.6 Å². The molecule has 2 amide bonds. The molecular weight excluding hydrogens is 419 g/mol. The summed E-state index contributed by atoms with van der Waals surface area (Å²) < 4.78 is 13.8. The standard InChI is InChI=1S/C23H26ClFN4O2/c1-23(2,21(30)17-12-16(24)11-14-13-26-28-20(14)17)15-7-9-29(10-8-15)22(31)27-19-6-4-3-5-18(19)25/h3-6,11-13,15,21,30H,7-10H2,1-2H3,(H,26,28)(H,27,31). The van der Waals surface area contributed by atoms with Crippen molar-refractivity contribution >= 4 is 34.2 Å². The average Bonchev–Trinajstić information content (AvgIpc) is 3.22. The number of anilines is 1. The van der Waals surface area contributed by atoms with Crippen molar-refractivity contribution in [1.82, 2.24) is 15.1 Å². The Morgan fingerprint density at radius 3 is 2.74 bits per heavy atom. The number of fused-ring (bicyclic) bond motifs is 1. The van der Waals surface area contributed by atoms with Crippen LogP contribution < -0.4 is 5.32 Å². The molecule has 0 radical (unpaired) electrons. The van der Waals surface area contributed by atoms with Gasteiger partial charge in [-0.2, -0.15) is 5.10 Å². The van der Waals surface area contributed by atoms with Crippen molar-refractivity contribution in [2.75, 3.05) is 18.4 Å². The zero-order valence-corrected chi connectivity index (χ0v) is 18.3. The predicted octanol–water partition coefficient (Wildman–Crippen LogP) is 5.36. The van der Waals surface area contributed by atoms with Crippen LogP contribution in [-0.4, -0.2) is 39.3 Å². The van der Waals surface area contributed by atoms with Crippen LogP contribution in [0.5, 0.6) is 0 Å². The van der Waals surface area contributed by atoms with Crippen LogP contribution in [0.25, 0.3) is 10.9 Å². The fraction of sp³-hybridized carbons (Fsp3) is 0.391. The van der Waals surface area contributed by atoms with E-state index >= 15 is 0 Å². The Kier molecular flexibility index (Phi) is 5.90. The molecule has 1 atom stereocenters. The molecule has 1 saturated heterocycles. The number of nitrogens with zero attached hydrogens (tertiary/aromatic N) is 2. The number of likely N-dealkylation sites (tertiary alicyclic amines) is 1. The van der Waals surface area contributed by atoms with Crippen LogP contribution in [0.15, 0.2) is 42.6 Å². The number of aliphatic hydroxyl groups is 1. The van der Waals surface area contributed by atoms with E-state index in [1.807, 2.05) is 19.9 Å². The summed E-state index contributed by atoms with van der Waals surface area (Å²) in [7, 11) is 0. The van der Waals surface area contributed by atoms with Crippen LogP contribution in [0.2, 0.25) is 5.02 Å². The molecule has 1 aliphatic rings. The number of halogens is 2. The summed E-state index contributed by atoms with van der Waals surface area (Å²) >= 11 is 6.26. The number of aliphatic hydroxyl groups excluding tert-OH is 1. The van der Waals surface area contributed by atoms with Crippen molar-refractivity contribution < 1.29 is 14.3 Å². The van der Waals surface area contributed by atoms with Gasteiger partial charge >= 0.3 is 6.03 Å². The number of urea groups is 1. The van der Waals surface area contributed by atoms with Crippen molar-refractivity contribution in [2.45, 2.75) is 32.8 Å². The van der Waals surface area contributed by atoms with Crippen molar-refractivity contribution in [1.29, 1.82) is 0 Å². The Morgan fingerprint density at radius 2 is 2.03 bits per heavy atom. The molecule has 1 aromatic heterocycles. The number of rotatable bonds is 4. The lowest BCUT2D eigenvalue weighted by atomic mass is 9.68. The third-order valence-corrected chi connectivity index (χ3v) is 6.71. The monoisotopic (exact) mass is 444 g/mol. The van der Waals surface area contributed by atoms with Crippen LogP contribution in [0.3, 0.4) is 0 Å². The van der Waals surface area contributed by atoms with E-state index in [1.165, 1.54) is 6.07 Å². The highest BCUT2D eigenvalue weighted by Gasteiger charge is 2.40. The summed E-state index contributed by atoms with van der Waals surface area (Å²) in [6.45, 7) is 5.16. The maximum Gasteiger partial charge on any atom is 0.321 e. The molecule has 3 aromatic rings. The van der Waals surface area contributed by atoms with Gasteiger partial charge in [0.25, 0.3) is 0 Å². The van der Waals surface area contributed by atoms with Gasteiger partial charge in [0.05, 0.1) is 23.5 Å². The molecule has 1 unspecified atom stereocenters. The van der Waals surface area contributed by atoms with E-state index in [4.69, 9.17) is 11.6 Å². The highest BCUT2D eigenvalue weighted by Crippen LogP contribution is 2.46. The normalized spacial score (nSPS) is 16.5. The highest BCUT2D eigenvalue weighted by molar-refractivity contribution is 6.31. The molecule has 2 aromatic carbocycles. The first-order chi connectivity index (χ1) is 14.8. The number of benzene rings is 2. The van der Waals surface area contributed by atoms with Crippen molar-refractivity contribution in [3.63, 3.8) is 0 Å². The number of aromatic amines is 1. The number of amides is 2. The fourth-order valence-electron chi connectivity index (χ4n) is 4.47. The van der Waals surface area contributed by atoms with Gasteiger partial charge in [-0.05, 0) is 48.4 Å². The number of hydrogen-bond acceptors (Lipinski definition) is 3. The maximum atomic E-state index is 13.8. The molecule has 0 bridgehead atoms. The SMILES string of the molecule is CC(C)(C1CCN(C(=O)Nc2ccccc2F)CC1)C(O)c1cc(Cl)cc2cn[nH]c12. The highest BCUT2D eigenvalue weighted by atomic mass is 35.5. The quantitative estimate of drug-likeness (QED) is 0.506. The third kappa shape index (κ3) is 4.25. The Labute approximate surface area is 185 Å². The Morgan fingerprint density at radius 1 is 1.32 bits per heavy atom. The summed E-state index contributed by atoms with van der Waals surface area (Å²) in [5.74, 6) is -0.265. The van der Waals surface area contributed by atoms with E-state index in [0.29, 0.717) is 18.1 Å². The number of piperidine rings is 1. The average molecular weight is 445 g/mol. The number of H-pyrrole nitrogens is 1. The van der Waals surface area contributed by atoms with E-state index < -0.39 is 17.3 Å². The lowest BCUT2D eigenvalue weighted by molar-refractivity contribution is -0.0138. The number of nitrogens with one attached hydrogen (secondary N) is 2. The molecule has 0 aliphatic carbocycles. The van der Waals surface area contributed by atoms with Crippen molar-refractivity contribution in [2.24, 2.45) is 11.3 Å². The second kappa shape index (κ2) is 8.48. The van der Waals surface area contributed by atoms with Gasteiger partial charge in [-0.15, -0.1) is 0 Å². The number of aromatic nitrogens is 2. The Bertz CT molecular complexity index is 1090. The first-order valence-electron chi connectivity index (χ1n) is 10.4. The van der Waals surface area contributed by atoms with Crippen LogP contribution in [0, 0.1) is 17.2 Å². The van der Waals surface area contributed by atoms with E-state index in [-0.39, 0.29) is 17.6 Å². The van der Waals surface area contributed by atoms with Crippen LogP contribution in [0.4, 0.5) is 14.9 Å². The lowest BCUT2D eigenvalue weighted by Crippen LogP contribution is -2.45. The van der Waals surface area contributed by atoms with Gasteiger partial charge in [0.15, 0.2) is 0 Å². The summed E-state index contributed by atoms with van der Waals surface area (Å²) in [4.78, 5) is 14.3. The molecule has 0 spiro atoms. The van der Waals surface area contributed by atoms with Gasteiger partial charge in [0.2, 0.25) is 0 Å². The molecule has 8 heteroatoms. The molecule has 1 fully saturated rings. The van der Waals surface area contributed by atoms with E-state index in [0.717, 1.165) is 29.3 Å². The van der Waals surface area contributed by atoms with Crippen molar-refractivity contribution in [3.05, 3.63) is 59.0 Å². The van der Waals surface area contributed by atoms with E-state index in [1.54, 1.807) is 35.4 Å². The summed E-state index contributed by atoms with van der Waals surface area (Å²) in [5.41, 5.74) is 1.24. The van der Waals surface area contributed by atoms with Crippen LogP contribution in [-0.2, 0) is 0 Å². The molecule has 0 saturated carbocycles. The first-order valence-corrected chi connectivity index (χ1v) is 10.8. The molecule has 6 nitrogen and oxygen atoms in total. The Hall–Kier alpha value is -2.64. The zero-order chi connectivity index (χ0) is 22.2. The number of carbonyl (C=O) groups excluding carboxylic acids is 1. The lowest BCUT2D eigenvalue weighted by Gasteiger charge is -2.43. The second-order valence-electron chi connectivity index (χ2n) is 8.72.